The SMILES string of the molecule is CC/C=C\C/C=C\C/C=C\C/C=C\C/C=C\C/C=C\CCCCCCC(=O)OCC(COC(=O)CCC/C=C\C/C=C\C/C=C\C/C=C\C/C=C\CC)OC(=O)CCCC/C=C\C/C=C\C/C=C\C/C=C\C/C=C\C/C=C\CC. The Labute approximate surface area is 483 Å². The quantitative estimate of drug-likeness (QED) is 0.0261. The van der Waals surface area contributed by atoms with E-state index in [1.165, 1.54) is 0 Å². The molecule has 0 aromatic heterocycles. The Hall–Kier alpha value is -6.01. The lowest BCUT2D eigenvalue weighted by atomic mass is 10.1. The van der Waals surface area contributed by atoms with Gasteiger partial charge in [-0.3, -0.25) is 14.4 Å². The zero-order valence-corrected chi connectivity index (χ0v) is 49.8. The summed E-state index contributed by atoms with van der Waals surface area (Å²) >= 11 is 0. The number of carbonyl (C=O) groups excluding carboxylic acids is 3. The third-order valence-corrected chi connectivity index (χ3v) is 11.8. The highest BCUT2D eigenvalue weighted by atomic mass is 16.6. The normalized spacial score (nSPS) is 13.6. The van der Waals surface area contributed by atoms with Crippen molar-refractivity contribution in [3.05, 3.63) is 207 Å². The molecule has 0 N–H and O–H groups in total. The Bertz CT molecular complexity index is 1960. The molecule has 0 fully saturated rings. The van der Waals surface area contributed by atoms with Crippen molar-refractivity contribution in [1.82, 2.24) is 0 Å². The first-order valence-electron chi connectivity index (χ1n) is 30.6. The van der Waals surface area contributed by atoms with Crippen molar-refractivity contribution in [1.29, 1.82) is 0 Å². The van der Waals surface area contributed by atoms with E-state index < -0.39 is 6.10 Å². The van der Waals surface area contributed by atoms with Crippen molar-refractivity contribution in [2.75, 3.05) is 13.2 Å². The molecule has 0 amide bonds. The van der Waals surface area contributed by atoms with Crippen LogP contribution < -0.4 is 0 Å². The number of hydrogen-bond donors (Lipinski definition) is 0. The van der Waals surface area contributed by atoms with Crippen LogP contribution in [0.5, 0.6) is 0 Å². The molecular weight excluding hydrogens is 973 g/mol. The van der Waals surface area contributed by atoms with Gasteiger partial charge in [-0.2, -0.15) is 0 Å². The lowest BCUT2D eigenvalue weighted by molar-refractivity contribution is -0.167. The number of allylic oxidation sites excluding steroid dienone is 34. The van der Waals surface area contributed by atoms with Gasteiger partial charge in [-0.05, 0) is 161 Å². The number of rotatable bonds is 52. The zero-order valence-electron chi connectivity index (χ0n) is 49.8. The number of esters is 3. The lowest BCUT2D eigenvalue weighted by Crippen LogP contribution is -2.30. The van der Waals surface area contributed by atoms with E-state index in [1.807, 2.05) is 0 Å². The molecule has 0 aliphatic rings. The predicted molar refractivity (Wildman–Crippen MR) is 343 cm³/mol. The molecule has 436 valence electrons. The first-order chi connectivity index (χ1) is 39.0. The van der Waals surface area contributed by atoms with Crippen molar-refractivity contribution in [2.24, 2.45) is 0 Å². The lowest BCUT2D eigenvalue weighted by Gasteiger charge is -2.18. The second-order valence-corrected chi connectivity index (χ2v) is 19.1. The van der Waals surface area contributed by atoms with Crippen molar-refractivity contribution >= 4 is 17.9 Å². The summed E-state index contributed by atoms with van der Waals surface area (Å²) in [5.74, 6) is -1.08. The molecule has 0 aliphatic heterocycles. The first kappa shape index (κ1) is 73.0. The average molecular weight is 1080 g/mol. The first-order valence-corrected chi connectivity index (χ1v) is 30.6. The van der Waals surface area contributed by atoms with Crippen molar-refractivity contribution in [3.63, 3.8) is 0 Å². The van der Waals surface area contributed by atoms with E-state index in [9.17, 15) is 14.4 Å². The summed E-state index contributed by atoms with van der Waals surface area (Å²) in [5.41, 5.74) is 0. The maximum atomic E-state index is 12.9. The van der Waals surface area contributed by atoms with Crippen LogP contribution in [0, 0.1) is 0 Å². The third kappa shape index (κ3) is 62.7. The fourth-order valence-electron chi connectivity index (χ4n) is 7.31. The Morgan fingerprint density at radius 1 is 0.253 bits per heavy atom. The molecule has 0 aromatic rings. The molecule has 0 bridgehead atoms. The van der Waals surface area contributed by atoms with Gasteiger partial charge in [0.05, 0.1) is 0 Å². The standard InChI is InChI=1S/C73H108O6/c1-4-7-10-13-16-19-22-25-28-31-33-35-36-38-39-42-45-48-51-54-57-60-63-66-72(75)78-69-70(68-77-71(74)65-62-59-56-53-50-47-44-41-30-27-24-21-18-15-12-9-6-3)79-73(76)67-64-61-58-55-52-49-46-43-40-37-34-32-29-26-23-20-17-14-11-8-5-2/h7-12,16-21,25-30,33-35,37-39,43-48,52-53,55-56,70H,4-6,13-15,22-24,31-32,36,40-42,49-51,54,57-69H2,1-3H3/b10-7-,11-8-,12-9-,19-16-,20-17-,21-18-,28-25-,29-26-,30-27-,35-33-,37-34-,39-38-,46-43-,47-44-,48-45-,55-52-,56-53-. The van der Waals surface area contributed by atoms with Gasteiger partial charge < -0.3 is 14.2 Å². The Kier molecular flexibility index (Phi) is 59.6. The highest BCUT2D eigenvalue weighted by molar-refractivity contribution is 5.71. The minimum atomic E-state index is -0.851. The Morgan fingerprint density at radius 2 is 0.468 bits per heavy atom. The minimum Gasteiger partial charge on any atom is -0.462 e. The van der Waals surface area contributed by atoms with Crippen LogP contribution in [0.25, 0.3) is 0 Å². The molecule has 6 nitrogen and oxygen atoms in total. The molecule has 6 heteroatoms. The number of ether oxygens (including phenoxy) is 3. The van der Waals surface area contributed by atoms with Crippen LogP contribution in [-0.2, 0) is 28.6 Å². The van der Waals surface area contributed by atoms with Crippen LogP contribution in [0.4, 0.5) is 0 Å². The van der Waals surface area contributed by atoms with Gasteiger partial charge in [-0.15, -0.1) is 0 Å². The van der Waals surface area contributed by atoms with E-state index in [-0.39, 0.29) is 44.0 Å². The summed E-state index contributed by atoms with van der Waals surface area (Å²) in [6.07, 6.45) is 99.7. The van der Waals surface area contributed by atoms with Gasteiger partial charge >= 0.3 is 17.9 Å². The van der Waals surface area contributed by atoms with Crippen LogP contribution in [0.15, 0.2) is 207 Å². The van der Waals surface area contributed by atoms with Gasteiger partial charge in [0.25, 0.3) is 0 Å². The second kappa shape index (κ2) is 64.5. The van der Waals surface area contributed by atoms with Crippen molar-refractivity contribution in [3.8, 4) is 0 Å². The van der Waals surface area contributed by atoms with Crippen molar-refractivity contribution < 1.29 is 28.6 Å². The third-order valence-electron chi connectivity index (χ3n) is 11.8. The van der Waals surface area contributed by atoms with Crippen LogP contribution in [0.2, 0.25) is 0 Å². The van der Waals surface area contributed by atoms with Gasteiger partial charge in [-0.1, -0.05) is 240 Å². The highest BCUT2D eigenvalue weighted by Crippen LogP contribution is 2.11. The van der Waals surface area contributed by atoms with E-state index in [0.717, 1.165) is 161 Å². The van der Waals surface area contributed by atoms with Gasteiger partial charge in [0.15, 0.2) is 6.10 Å². The molecule has 0 aliphatic carbocycles. The number of hydrogen-bond acceptors (Lipinski definition) is 6. The molecule has 0 radical (unpaired) electrons. The molecule has 0 aromatic carbocycles. The van der Waals surface area contributed by atoms with Gasteiger partial charge in [0.2, 0.25) is 0 Å². The summed E-state index contributed by atoms with van der Waals surface area (Å²) in [6, 6.07) is 0. The molecule has 0 heterocycles. The maximum Gasteiger partial charge on any atom is 0.306 e. The van der Waals surface area contributed by atoms with Gasteiger partial charge in [0.1, 0.15) is 13.2 Å². The molecule has 0 rings (SSSR count). The monoisotopic (exact) mass is 1080 g/mol. The summed E-state index contributed by atoms with van der Waals surface area (Å²) in [6.45, 7) is 6.17. The second-order valence-electron chi connectivity index (χ2n) is 19.1. The minimum absolute atomic E-state index is 0.140. The topological polar surface area (TPSA) is 78.9 Å². The smallest absolute Gasteiger partial charge is 0.306 e. The summed E-state index contributed by atoms with van der Waals surface area (Å²) in [4.78, 5) is 38.3. The molecule has 0 saturated carbocycles. The van der Waals surface area contributed by atoms with Gasteiger partial charge in [-0.25, -0.2) is 0 Å². The van der Waals surface area contributed by atoms with E-state index in [4.69, 9.17) is 14.2 Å². The number of unbranched alkanes of at least 4 members (excludes halogenated alkanes) is 7. The fourth-order valence-corrected chi connectivity index (χ4v) is 7.31. The molecule has 1 unspecified atom stereocenters. The summed E-state index contributed by atoms with van der Waals surface area (Å²) in [5, 5.41) is 0. The largest absolute Gasteiger partial charge is 0.462 e. The van der Waals surface area contributed by atoms with Crippen molar-refractivity contribution in [2.45, 2.75) is 219 Å². The van der Waals surface area contributed by atoms with E-state index >= 15 is 0 Å². The molecule has 0 saturated heterocycles. The predicted octanol–water partition coefficient (Wildman–Crippen LogP) is 21.2. The highest BCUT2D eigenvalue weighted by Gasteiger charge is 2.19. The van der Waals surface area contributed by atoms with E-state index in [1.54, 1.807) is 0 Å². The summed E-state index contributed by atoms with van der Waals surface area (Å²) < 4.78 is 16.8. The van der Waals surface area contributed by atoms with E-state index in [2.05, 4.69) is 227 Å². The van der Waals surface area contributed by atoms with E-state index in [0.29, 0.717) is 19.3 Å². The molecular formula is C73H108O6. The Balaban J connectivity index is 4.65. The van der Waals surface area contributed by atoms with Crippen LogP contribution >= 0.6 is 0 Å². The molecule has 1 atom stereocenters. The van der Waals surface area contributed by atoms with Crippen LogP contribution in [0.1, 0.15) is 213 Å². The zero-order chi connectivity index (χ0) is 57.1. The van der Waals surface area contributed by atoms with Gasteiger partial charge in [0, 0.05) is 19.3 Å². The average Bonchev–Trinajstić information content (AvgIpc) is 3.45. The Morgan fingerprint density at radius 3 is 0.772 bits per heavy atom. The molecule has 79 heavy (non-hydrogen) atoms. The summed E-state index contributed by atoms with van der Waals surface area (Å²) in [7, 11) is 0. The maximum absolute atomic E-state index is 12.9. The molecule has 0 spiro atoms. The fraction of sp³-hybridized carbons (Fsp3) is 0.493. The van der Waals surface area contributed by atoms with Crippen LogP contribution in [0.3, 0.4) is 0 Å². The number of carbonyl (C=O) groups is 3. The van der Waals surface area contributed by atoms with Crippen LogP contribution in [-0.4, -0.2) is 37.2 Å².